The fraction of sp³-hybridized carbons (Fsp3) is 0.778. The zero-order chi connectivity index (χ0) is 43.0. The molecule has 2 saturated heterocycles. The van der Waals surface area contributed by atoms with Gasteiger partial charge in [0.1, 0.15) is 24.0 Å². The fourth-order valence-electron chi connectivity index (χ4n) is 1.56. The molecule has 0 aromatic carbocycles. The van der Waals surface area contributed by atoms with Crippen molar-refractivity contribution in [3.63, 3.8) is 0 Å². The number of hydrogen-bond donors (Lipinski definition) is 1. The van der Waals surface area contributed by atoms with Crippen LogP contribution in [0.5, 0.6) is 0 Å². The molecule has 9 nitrogen and oxygen atoms in total. The van der Waals surface area contributed by atoms with Crippen LogP contribution in [0.3, 0.4) is 0 Å². The Morgan fingerprint density at radius 3 is 1.06 bits per heavy atom. The van der Waals surface area contributed by atoms with Crippen LogP contribution < -0.4 is 0 Å². The smallest absolute Gasteiger partial charge is 0 e. The van der Waals surface area contributed by atoms with E-state index in [1.807, 2.05) is 83.1 Å². The second-order valence-electron chi connectivity index (χ2n) is 7.79. The number of ketones is 3. The van der Waals surface area contributed by atoms with E-state index in [1.54, 1.807) is 20.8 Å². The van der Waals surface area contributed by atoms with Crippen molar-refractivity contribution in [3.05, 3.63) is 14.9 Å². The predicted octanol–water partition coefficient (Wildman–Crippen LogP) is 12.8. The summed E-state index contributed by atoms with van der Waals surface area (Å²) >= 11 is 2.91. The number of carbonyl (C=O) groups excluding carboxylic acids is 6. The van der Waals surface area contributed by atoms with Crippen LogP contribution in [0.2, 0.25) is 0 Å². The summed E-state index contributed by atoms with van der Waals surface area (Å²) in [6.07, 6.45) is 5.11. The van der Waals surface area contributed by atoms with Crippen LogP contribution in [0, 0.1) is 14.9 Å². The number of hydrogen-bond acceptors (Lipinski definition) is 9. The molecule has 1 radical (unpaired) electrons. The zero-order valence-electron chi connectivity index (χ0n) is 36.7. The molecule has 1 N–H and O–H groups in total. The van der Waals surface area contributed by atoms with Crippen molar-refractivity contribution >= 4 is 104 Å². The summed E-state index contributed by atoms with van der Waals surface area (Å²) in [6, 6.07) is 0. The third-order valence-electron chi connectivity index (χ3n) is 2.44. The number of rotatable bonds is 3. The van der Waals surface area contributed by atoms with Crippen LogP contribution in [0.1, 0.15) is 157 Å². The summed E-state index contributed by atoms with van der Waals surface area (Å²) in [5.74, 6) is -0.215. The Balaban J connectivity index is -0.0000000206. The van der Waals surface area contributed by atoms with Gasteiger partial charge in [-0.15, -0.1) is 0 Å². The Kier molecular flexibility index (Phi) is 233. The Morgan fingerprint density at radius 1 is 0.736 bits per heavy atom. The molecule has 0 bridgehead atoms. The third-order valence-corrected chi connectivity index (χ3v) is 2.44. The van der Waals surface area contributed by atoms with Crippen LogP contribution in [0.4, 0.5) is 0 Å². The molecule has 0 aromatic heterocycles. The van der Waals surface area contributed by atoms with Crippen LogP contribution >= 0.6 is 67.5 Å². The van der Waals surface area contributed by atoms with E-state index >= 15 is 0 Å². The summed E-state index contributed by atoms with van der Waals surface area (Å²) in [7, 11) is 14.7. The van der Waals surface area contributed by atoms with Crippen molar-refractivity contribution in [1.29, 1.82) is 0 Å². The maximum Gasteiger partial charge on any atom is 3.00 e. The largest absolute Gasteiger partial charge is 3.00 e. The van der Waals surface area contributed by atoms with Gasteiger partial charge in [0.15, 0.2) is 0 Å². The van der Waals surface area contributed by atoms with Gasteiger partial charge < -0.3 is 58.2 Å². The molecule has 0 saturated carbocycles. The van der Waals surface area contributed by atoms with Gasteiger partial charge in [-0.05, 0) is 74.1 Å². The summed E-state index contributed by atoms with van der Waals surface area (Å²) < 4.78 is 9.83. The van der Waals surface area contributed by atoms with E-state index in [0.717, 1.165) is 32.2 Å². The van der Waals surface area contributed by atoms with Crippen molar-refractivity contribution in [2.24, 2.45) is 0 Å². The molecule has 2 aliphatic heterocycles. The molecule has 338 valence electrons. The zero-order valence-corrected chi connectivity index (χ0v) is 46.6. The SMILES string of the molecule is CC.CC.CC.CC.CC.CC.CC(C)(C)O.CC(C)=O.CC(C)=O.II.O=CC1CCCO1.O=[C-]C(=O)C1CCCO1.[CH-]=O.[CH3-].[CH3-].[Cl][Fe]([Cl])[Cl].[Fe+3].[Fe]. The van der Waals surface area contributed by atoms with Gasteiger partial charge in [-0.3, -0.25) is 6.79 Å². The molecule has 53 heavy (non-hydrogen) atoms. The minimum atomic E-state index is -1.33. The van der Waals surface area contributed by atoms with Gasteiger partial charge in [0.05, 0.1) is 11.7 Å². The van der Waals surface area contributed by atoms with E-state index in [9.17, 15) is 24.0 Å². The first-order chi connectivity index (χ1) is 23.0. The van der Waals surface area contributed by atoms with E-state index in [4.69, 9.17) is 49.7 Å². The van der Waals surface area contributed by atoms with Gasteiger partial charge >= 0.3 is 58.5 Å². The van der Waals surface area contributed by atoms with Crippen molar-refractivity contribution < 1.29 is 88.7 Å². The molecule has 0 aliphatic carbocycles. The Morgan fingerprint density at radius 2 is 0.943 bits per heavy atom. The molecular formula is C36H80Cl3Fe3I2O9-. The van der Waals surface area contributed by atoms with Gasteiger partial charge in [-0.1, -0.05) is 83.1 Å². The number of aliphatic hydroxyl groups is 1. The van der Waals surface area contributed by atoms with Crippen molar-refractivity contribution in [3.8, 4) is 0 Å². The van der Waals surface area contributed by atoms with Gasteiger partial charge in [-0.25, -0.2) is 0 Å². The number of aldehydes is 1. The normalized spacial score (nSPS) is 12.3. The van der Waals surface area contributed by atoms with E-state index in [2.05, 4.69) is 44.0 Å². The molecule has 0 spiro atoms. The first-order valence-electron chi connectivity index (χ1n) is 16.3. The average molecular weight is 1180 g/mol. The van der Waals surface area contributed by atoms with Gasteiger partial charge in [0, 0.05) is 73.3 Å². The Labute approximate surface area is 392 Å². The molecule has 0 amide bonds. The fourth-order valence-corrected chi connectivity index (χ4v) is 1.56. The van der Waals surface area contributed by atoms with Gasteiger partial charge in [0.2, 0.25) is 0 Å². The van der Waals surface area contributed by atoms with Crippen molar-refractivity contribution in [2.45, 2.75) is 175 Å². The van der Waals surface area contributed by atoms with Gasteiger partial charge in [0.25, 0.3) is 0 Å². The van der Waals surface area contributed by atoms with E-state index < -0.39 is 28.7 Å². The molecular weight excluding hydrogens is 1100 g/mol. The Hall–Kier alpha value is 1.79. The first kappa shape index (κ1) is 105. The monoisotopic (exact) mass is 1180 g/mol. The quantitative estimate of drug-likeness (QED) is 0.0961. The molecule has 2 aliphatic rings. The van der Waals surface area contributed by atoms with Crippen LogP contribution in [-0.4, -0.2) is 72.8 Å². The standard InChI is InChI=1S/C6H7O3.C5H8O2.C4H10O.2C3H6O.6C2H6.CHO.2CH3.3ClH.3Fe.I2/c7-4-5(8)6-2-1-3-9-6;6-4-5-2-1-3-7-5;1-4(2,3)5;2*1-3(2)4;7*1-2;;;;;;;;;1-2/h6H,1-3H2;4-5H,1-3H2;5H,1-3H3;2*1-2H3;6*1-2H3;1H;2*1H3;3*1H;;;;/q-1;;;;;;;;;;;3*-1;;;;;2*+3;/p-3. The molecule has 2 atom stereocenters. The first-order valence-corrected chi connectivity index (χ1v) is 27.1. The minimum Gasteiger partial charge on any atom is 0 e. The average Bonchev–Trinajstić information content (AvgIpc) is 3.83. The number of ether oxygens (including phenoxy) is 2. The molecule has 2 fully saturated rings. The molecule has 2 unspecified atom stereocenters. The molecule has 0 aromatic rings. The van der Waals surface area contributed by atoms with E-state index in [1.165, 1.54) is 34.0 Å². The van der Waals surface area contributed by atoms with Crippen LogP contribution in [-0.2, 0) is 83.5 Å². The summed E-state index contributed by atoms with van der Waals surface area (Å²) in [5.41, 5.74) is -0.500. The second kappa shape index (κ2) is 117. The van der Waals surface area contributed by atoms with Crippen molar-refractivity contribution in [2.75, 3.05) is 13.2 Å². The number of carbonyl (C=O) groups is 4. The van der Waals surface area contributed by atoms with E-state index in [-0.39, 0.29) is 66.7 Å². The topological polar surface area (TPSA) is 141 Å². The van der Waals surface area contributed by atoms with Gasteiger partial charge in [-0.2, -0.15) is 6.29 Å². The van der Waals surface area contributed by atoms with Crippen LogP contribution in [0.15, 0.2) is 0 Å². The second-order valence-corrected chi connectivity index (χ2v) is 13.3. The summed E-state index contributed by atoms with van der Waals surface area (Å²) in [4.78, 5) is 56.7. The van der Waals surface area contributed by atoms with Crippen LogP contribution in [0.25, 0.3) is 0 Å². The predicted molar refractivity (Wildman–Crippen MR) is 243 cm³/mol. The number of Topliss-reactive ketones (excluding diaryl/α,β-unsaturated/α-hetero) is 3. The maximum atomic E-state index is 10.5. The molecule has 2 heterocycles. The minimum absolute atomic E-state index is 0. The number of halogens is 5. The Bertz CT molecular complexity index is 545. The summed E-state index contributed by atoms with van der Waals surface area (Å²) in [6.45, 7) is 40.0. The van der Waals surface area contributed by atoms with Crippen molar-refractivity contribution in [1.82, 2.24) is 0 Å². The third kappa shape index (κ3) is 255. The summed E-state index contributed by atoms with van der Waals surface area (Å²) in [5, 5.41) is 8.52. The molecule has 2 rings (SSSR count). The molecule has 17 heteroatoms. The maximum absolute atomic E-state index is 10.5. The van der Waals surface area contributed by atoms with E-state index in [0.29, 0.717) is 13.0 Å².